The molecule has 0 aromatic heterocycles. The highest BCUT2D eigenvalue weighted by atomic mass is 79.9. The Hall–Kier alpha value is -2.26. The Bertz CT molecular complexity index is 769. The van der Waals surface area contributed by atoms with E-state index in [-0.39, 0.29) is 5.56 Å². The van der Waals surface area contributed by atoms with Crippen LogP contribution in [0.4, 0.5) is 14.5 Å². The molecule has 106 valence electrons. The van der Waals surface area contributed by atoms with Crippen LogP contribution in [-0.2, 0) is 0 Å². The van der Waals surface area contributed by atoms with Crippen LogP contribution in [0.3, 0.4) is 0 Å². The first-order chi connectivity index (χ1) is 9.93. The molecule has 0 bridgehead atoms. The average Bonchev–Trinajstić information content (AvgIpc) is 2.45. The first-order valence-corrected chi connectivity index (χ1v) is 6.69. The van der Waals surface area contributed by atoms with Crippen molar-refractivity contribution >= 4 is 27.5 Å². The standard InChI is InChI=1S/C15H9BrF2N2O/c1-8-2-4-11(17)13(14(8)18)15(21)20-12-5-3-9(7-19)6-10(12)16/h2-6H,1H3,(H,20,21). The molecule has 2 rings (SSSR count). The molecule has 0 saturated heterocycles. The number of carbonyl (C=O) groups is 1. The van der Waals surface area contributed by atoms with Gasteiger partial charge in [-0.05, 0) is 52.7 Å². The summed E-state index contributed by atoms with van der Waals surface area (Å²) in [4.78, 5) is 12.0. The summed E-state index contributed by atoms with van der Waals surface area (Å²) in [7, 11) is 0. The van der Waals surface area contributed by atoms with Gasteiger partial charge >= 0.3 is 0 Å². The summed E-state index contributed by atoms with van der Waals surface area (Å²) < 4.78 is 28.0. The highest BCUT2D eigenvalue weighted by Gasteiger charge is 2.19. The summed E-state index contributed by atoms with van der Waals surface area (Å²) in [5.41, 5.74) is 0.263. The van der Waals surface area contributed by atoms with Gasteiger partial charge in [0.15, 0.2) is 0 Å². The van der Waals surface area contributed by atoms with E-state index < -0.39 is 23.1 Å². The quantitative estimate of drug-likeness (QED) is 0.883. The van der Waals surface area contributed by atoms with Gasteiger partial charge in [0.1, 0.15) is 17.2 Å². The molecule has 0 saturated carbocycles. The minimum absolute atomic E-state index is 0.181. The summed E-state index contributed by atoms with van der Waals surface area (Å²) in [6.07, 6.45) is 0. The number of hydrogen-bond donors (Lipinski definition) is 1. The second kappa shape index (κ2) is 6.02. The van der Waals surface area contributed by atoms with Crippen molar-refractivity contribution in [2.45, 2.75) is 6.92 Å². The van der Waals surface area contributed by atoms with E-state index in [1.165, 1.54) is 31.2 Å². The van der Waals surface area contributed by atoms with Crippen molar-refractivity contribution in [1.29, 1.82) is 5.26 Å². The molecular weight excluding hydrogens is 342 g/mol. The van der Waals surface area contributed by atoms with Gasteiger partial charge < -0.3 is 5.32 Å². The fourth-order valence-corrected chi connectivity index (χ4v) is 2.21. The van der Waals surface area contributed by atoms with Crippen molar-refractivity contribution in [3.05, 3.63) is 63.1 Å². The Balaban J connectivity index is 2.35. The minimum Gasteiger partial charge on any atom is -0.321 e. The number of amides is 1. The molecule has 3 nitrogen and oxygen atoms in total. The maximum Gasteiger partial charge on any atom is 0.261 e. The monoisotopic (exact) mass is 350 g/mol. The third-order valence-corrected chi connectivity index (χ3v) is 3.51. The number of halogens is 3. The van der Waals surface area contributed by atoms with Crippen molar-refractivity contribution < 1.29 is 13.6 Å². The molecule has 0 fully saturated rings. The SMILES string of the molecule is Cc1ccc(F)c(C(=O)Nc2ccc(C#N)cc2Br)c1F. The number of aryl methyl sites for hydroxylation is 1. The van der Waals surface area contributed by atoms with E-state index in [0.29, 0.717) is 15.7 Å². The molecule has 1 N–H and O–H groups in total. The number of anilines is 1. The Morgan fingerprint density at radius 3 is 2.62 bits per heavy atom. The molecular formula is C15H9BrF2N2O. The number of benzene rings is 2. The van der Waals surface area contributed by atoms with Crippen molar-refractivity contribution in [2.24, 2.45) is 0 Å². The van der Waals surface area contributed by atoms with E-state index in [1.54, 1.807) is 0 Å². The van der Waals surface area contributed by atoms with Crippen LogP contribution in [0.1, 0.15) is 21.5 Å². The van der Waals surface area contributed by atoms with Crippen LogP contribution in [0.25, 0.3) is 0 Å². The zero-order chi connectivity index (χ0) is 15.6. The van der Waals surface area contributed by atoms with Gasteiger partial charge in [0.05, 0.1) is 17.3 Å². The molecule has 6 heteroatoms. The number of nitrogens with one attached hydrogen (secondary N) is 1. The number of nitrogens with zero attached hydrogens (tertiary/aromatic N) is 1. The zero-order valence-electron chi connectivity index (χ0n) is 10.9. The van der Waals surface area contributed by atoms with E-state index in [1.807, 2.05) is 6.07 Å². The third-order valence-electron chi connectivity index (χ3n) is 2.86. The van der Waals surface area contributed by atoms with Crippen molar-refractivity contribution in [2.75, 3.05) is 5.32 Å². The second-order valence-corrected chi connectivity index (χ2v) is 5.17. The molecule has 0 aliphatic carbocycles. The lowest BCUT2D eigenvalue weighted by Crippen LogP contribution is -2.17. The molecule has 0 aliphatic rings. The van der Waals surface area contributed by atoms with Crippen molar-refractivity contribution in [1.82, 2.24) is 0 Å². The van der Waals surface area contributed by atoms with E-state index >= 15 is 0 Å². The number of nitriles is 1. The lowest BCUT2D eigenvalue weighted by Gasteiger charge is -2.10. The maximum atomic E-state index is 13.9. The predicted octanol–water partition coefficient (Wildman–Crippen LogP) is 4.16. The van der Waals surface area contributed by atoms with E-state index in [0.717, 1.165) is 6.07 Å². The summed E-state index contributed by atoms with van der Waals surface area (Å²) in [5, 5.41) is 11.2. The fourth-order valence-electron chi connectivity index (χ4n) is 1.74. The number of carbonyl (C=O) groups excluding carboxylic acids is 1. The molecule has 1 amide bonds. The first-order valence-electron chi connectivity index (χ1n) is 5.89. The van der Waals surface area contributed by atoms with Gasteiger partial charge in [0, 0.05) is 4.47 Å². The summed E-state index contributed by atoms with van der Waals surface area (Å²) in [5.74, 6) is -2.71. The number of hydrogen-bond acceptors (Lipinski definition) is 2. The molecule has 2 aromatic rings. The Labute approximate surface area is 128 Å². The fraction of sp³-hybridized carbons (Fsp3) is 0.0667. The van der Waals surface area contributed by atoms with Gasteiger partial charge in [-0.15, -0.1) is 0 Å². The number of rotatable bonds is 2. The highest BCUT2D eigenvalue weighted by Crippen LogP contribution is 2.25. The summed E-state index contributed by atoms with van der Waals surface area (Å²) in [6, 6.07) is 8.72. The van der Waals surface area contributed by atoms with E-state index in [9.17, 15) is 13.6 Å². The minimum atomic E-state index is -0.930. The normalized spacial score (nSPS) is 10.0. The van der Waals surface area contributed by atoms with Gasteiger partial charge in [-0.25, -0.2) is 8.78 Å². The van der Waals surface area contributed by atoms with Crippen LogP contribution < -0.4 is 5.32 Å². The maximum absolute atomic E-state index is 13.9. The smallest absolute Gasteiger partial charge is 0.261 e. The van der Waals surface area contributed by atoms with Gasteiger partial charge in [-0.3, -0.25) is 4.79 Å². The topological polar surface area (TPSA) is 52.9 Å². The van der Waals surface area contributed by atoms with Gasteiger partial charge in [0.2, 0.25) is 0 Å². The molecule has 0 heterocycles. The summed E-state index contributed by atoms with van der Waals surface area (Å²) in [6.45, 7) is 1.45. The van der Waals surface area contributed by atoms with Crippen LogP contribution in [0.2, 0.25) is 0 Å². The average molecular weight is 351 g/mol. The first kappa shape index (κ1) is 15.1. The third kappa shape index (κ3) is 3.09. The molecule has 21 heavy (non-hydrogen) atoms. The Morgan fingerprint density at radius 1 is 1.29 bits per heavy atom. The van der Waals surface area contributed by atoms with Gasteiger partial charge in [-0.2, -0.15) is 5.26 Å². The summed E-state index contributed by atoms with van der Waals surface area (Å²) >= 11 is 3.19. The van der Waals surface area contributed by atoms with Crippen LogP contribution in [-0.4, -0.2) is 5.91 Å². The van der Waals surface area contributed by atoms with Crippen LogP contribution >= 0.6 is 15.9 Å². The van der Waals surface area contributed by atoms with Gasteiger partial charge in [-0.1, -0.05) is 6.07 Å². The van der Waals surface area contributed by atoms with Crippen molar-refractivity contribution in [3.8, 4) is 6.07 Å². The van der Waals surface area contributed by atoms with Crippen LogP contribution in [0.15, 0.2) is 34.8 Å². The second-order valence-electron chi connectivity index (χ2n) is 4.31. The van der Waals surface area contributed by atoms with E-state index in [4.69, 9.17) is 5.26 Å². The van der Waals surface area contributed by atoms with Crippen molar-refractivity contribution in [3.63, 3.8) is 0 Å². The molecule has 2 aromatic carbocycles. The predicted molar refractivity (Wildman–Crippen MR) is 77.9 cm³/mol. The largest absolute Gasteiger partial charge is 0.321 e. The molecule has 0 atom stereocenters. The van der Waals surface area contributed by atoms with E-state index in [2.05, 4.69) is 21.2 Å². The Kier molecular flexibility index (Phi) is 4.34. The lowest BCUT2D eigenvalue weighted by molar-refractivity contribution is 0.101. The molecule has 0 unspecified atom stereocenters. The van der Waals surface area contributed by atoms with Crippen LogP contribution in [0.5, 0.6) is 0 Å². The lowest BCUT2D eigenvalue weighted by atomic mass is 10.1. The van der Waals surface area contributed by atoms with Crippen LogP contribution in [0, 0.1) is 29.9 Å². The Morgan fingerprint density at radius 2 is 2.00 bits per heavy atom. The molecule has 0 spiro atoms. The molecule has 0 aliphatic heterocycles. The molecule has 0 radical (unpaired) electrons. The zero-order valence-corrected chi connectivity index (χ0v) is 12.5. The highest BCUT2D eigenvalue weighted by molar-refractivity contribution is 9.10. The van der Waals surface area contributed by atoms with Gasteiger partial charge in [0.25, 0.3) is 5.91 Å².